The summed E-state index contributed by atoms with van der Waals surface area (Å²) in [4.78, 5) is 11.9. The zero-order valence-corrected chi connectivity index (χ0v) is 11.5. The fourth-order valence-electron chi connectivity index (χ4n) is 2.39. The standard InChI is InChI=1S/C16H16O2S/c17-15(10-13-6-8-19-11-13)3-1-12-2-4-16-14(9-12)5-7-18-16/h2,4,6,8-9,11H,1,3,5,7,10H2. The summed E-state index contributed by atoms with van der Waals surface area (Å²) in [5.41, 5.74) is 3.66. The molecule has 1 aromatic carbocycles. The molecule has 0 amide bonds. The van der Waals surface area contributed by atoms with E-state index in [1.165, 1.54) is 11.1 Å². The highest BCUT2D eigenvalue weighted by molar-refractivity contribution is 7.07. The summed E-state index contributed by atoms with van der Waals surface area (Å²) < 4.78 is 5.48. The molecule has 0 atom stereocenters. The summed E-state index contributed by atoms with van der Waals surface area (Å²) in [6, 6.07) is 8.30. The first-order chi connectivity index (χ1) is 9.31. The van der Waals surface area contributed by atoms with Gasteiger partial charge in [0.05, 0.1) is 6.61 Å². The third-order valence-corrected chi connectivity index (χ3v) is 4.16. The highest BCUT2D eigenvalue weighted by Gasteiger charge is 2.12. The Kier molecular flexibility index (Phi) is 3.65. The average molecular weight is 272 g/mol. The normalized spacial score (nSPS) is 13.1. The Labute approximate surface area is 117 Å². The molecular formula is C16H16O2S. The highest BCUT2D eigenvalue weighted by Crippen LogP contribution is 2.26. The summed E-state index contributed by atoms with van der Waals surface area (Å²) in [6.45, 7) is 0.788. The van der Waals surface area contributed by atoms with E-state index in [2.05, 4.69) is 12.1 Å². The summed E-state index contributed by atoms with van der Waals surface area (Å²) in [5.74, 6) is 1.32. The highest BCUT2D eigenvalue weighted by atomic mass is 32.1. The fraction of sp³-hybridized carbons (Fsp3) is 0.312. The van der Waals surface area contributed by atoms with Crippen LogP contribution in [-0.2, 0) is 24.1 Å². The topological polar surface area (TPSA) is 26.3 Å². The minimum absolute atomic E-state index is 0.315. The van der Waals surface area contributed by atoms with Crippen molar-refractivity contribution in [1.82, 2.24) is 0 Å². The first-order valence-corrected chi connectivity index (χ1v) is 7.53. The van der Waals surface area contributed by atoms with E-state index < -0.39 is 0 Å². The molecule has 3 heteroatoms. The number of benzene rings is 1. The van der Waals surface area contributed by atoms with E-state index in [-0.39, 0.29) is 0 Å². The maximum absolute atomic E-state index is 11.9. The van der Waals surface area contributed by atoms with Crippen LogP contribution in [0.3, 0.4) is 0 Å². The second kappa shape index (κ2) is 5.57. The fourth-order valence-corrected chi connectivity index (χ4v) is 3.06. The van der Waals surface area contributed by atoms with Crippen molar-refractivity contribution >= 4 is 17.1 Å². The number of fused-ring (bicyclic) bond motifs is 1. The van der Waals surface area contributed by atoms with Crippen molar-refractivity contribution in [2.45, 2.75) is 25.7 Å². The number of rotatable bonds is 5. The van der Waals surface area contributed by atoms with Crippen LogP contribution in [0.2, 0.25) is 0 Å². The maximum Gasteiger partial charge on any atom is 0.137 e. The molecule has 1 aliphatic rings. The van der Waals surface area contributed by atoms with Crippen molar-refractivity contribution in [3.63, 3.8) is 0 Å². The quantitative estimate of drug-likeness (QED) is 0.833. The first-order valence-electron chi connectivity index (χ1n) is 6.58. The van der Waals surface area contributed by atoms with E-state index in [0.717, 1.165) is 30.8 Å². The van der Waals surface area contributed by atoms with E-state index >= 15 is 0 Å². The molecule has 1 aliphatic heterocycles. The Bertz CT molecular complexity index is 572. The minimum atomic E-state index is 0.315. The molecule has 0 unspecified atom stereocenters. The lowest BCUT2D eigenvalue weighted by molar-refractivity contribution is -0.118. The first kappa shape index (κ1) is 12.4. The number of aryl methyl sites for hydroxylation is 1. The average Bonchev–Trinajstić information content (AvgIpc) is 3.06. The zero-order valence-electron chi connectivity index (χ0n) is 10.7. The third kappa shape index (κ3) is 3.04. The molecular weight excluding hydrogens is 256 g/mol. The molecule has 3 rings (SSSR count). The maximum atomic E-state index is 11.9. The number of ether oxygens (including phenoxy) is 1. The van der Waals surface area contributed by atoms with E-state index in [9.17, 15) is 4.79 Å². The number of hydrogen-bond donors (Lipinski definition) is 0. The molecule has 0 radical (unpaired) electrons. The van der Waals surface area contributed by atoms with Crippen molar-refractivity contribution in [2.24, 2.45) is 0 Å². The second-order valence-electron chi connectivity index (χ2n) is 4.89. The van der Waals surface area contributed by atoms with Crippen LogP contribution in [0.4, 0.5) is 0 Å². The lowest BCUT2D eigenvalue weighted by Crippen LogP contribution is -2.03. The van der Waals surface area contributed by atoms with Crippen LogP contribution in [0.25, 0.3) is 0 Å². The van der Waals surface area contributed by atoms with Gasteiger partial charge in [0.1, 0.15) is 11.5 Å². The van der Waals surface area contributed by atoms with Crippen molar-refractivity contribution in [3.8, 4) is 5.75 Å². The van der Waals surface area contributed by atoms with Crippen LogP contribution in [0, 0.1) is 0 Å². The van der Waals surface area contributed by atoms with Crippen LogP contribution in [0.5, 0.6) is 5.75 Å². The van der Waals surface area contributed by atoms with Gasteiger partial charge in [-0.1, -0.05) is 12.1 Å². The van der Waals surface area contributed by atoms with Gasteiger partial charge in [-0.2, -0.15) is 11.3 Å². The van der Waals surface area contributed by atoms with Crippen LogP contribution in [0.1, 0.15) is 23.1 Å². The van der Waals surface area contributed by atoms with Crippen LogP contribution < -0.4 is 4.74 Å². The van der Waals surface area contributed by atoms with Crippen molar-refractivity contribution in [2.75, 3.05) is 6.61 Å². The van der Waals surface area contributed by atoms with E-state index in [1.807, 2.05) is 22.9 Å². The van der Waals surface area contributed by atoms with Gasteiger partial charge in [0.25, 0.3) is 0 Å². The molecule has 0 spiro atoms. The van der Waals surface area contributed by atoms with E-state index in [0.29, 0.717) is 18.6 Å². The van der Waals surface area contributed by atoms with Gasteiger partial charge in [0.15, 0.2) is 0 Å². The number of ketones is 1. The number of thiophene rings is 1. The van der Waals surface area contributed by atoms with Crippen molar-refractivity contribution in [1.29, 1.82) is 0 Å². The van der Waals surface area contributed by atoms with Crippen molar-refractivity contribution in [3.05, 3.63) is 51.7 Å². The van der Waals surface area contributed by atoms with Crippen molar-refractivity contribution < 1.29 is 9.53 Å². The smallest absolute Gasteiger partial charge is 0.137 e. The van der Waals surface area contributed by atoms with Gasteiger partial charge in [-0.05, 0) is 46.0 Å². The Morgan fingerprint density at radius 3 is 3.05 bits per heavy atom. The van der Waals surface area contributed by atoms with E-state index in [1.54, 1.807) is 11.3 Å². The summed E-state index contributed by atoms with van der Waals surface area (Å²) in [6.07, 6.45) is 3.01. The number of carbonyl (C=O) groups is 1. The summed E-state index contributed by atoms with van der Waals surface area (Å²) in [7, 11) is 0. The molecule has 0 bridgehead atoms. The Morgan fingerprint density at radius 1 is 1.26 bits per heavy atom. The number of Topliss-reactive ketones (excluding diaryl/α,β-unsaturated/α-hetero) is 1. The summed E-state index contributed by atoms with van der Waals surface area (Å²) >= 11 is 1.64. The minimum Gasteiger partial charge on any atom is -0.493 e. The molecule has 2 nitrogen and oxygen atoms in total. The Hall–Kier alpha value is -1.61. The largest absolute Gasteiger partial charge is 0.493 e. The number of carbonyl (C=O) groups excluding carboxylic acids is 1. The van der Waals surface area contributed by atoms with E-state index in [4.69, 9.17) is 4.74 Å². The molecule has 2 aromatic rings. The molecule has 2 heterocycles. The van der Waals surface area contributed by atoms with Crippen LogP contribution in [0.15, 0.2) is 35.0 Å². The lowest BCUT2D eigenvalue weighted by Gasteiger charge is -2.04. The molecule has 98 valence electrons. The van der Waals surface area contributed by atoms with Crippen LogP contribution in [-0.4, -0.2) is 12.4 Å². The zero-order chi connectivity index (χ0) is 13.1. The predicted octanol–water partition coefficient (Wildman–Crippen LogP) is 3.43. The predicted molar refractivity (Wildman–Crippen MR) is 77.0 cm³/mol. The molecule has 0 fully saturated rings. The molecule has 0 aliphatic carbocycles. The van der Waals surface area contributed by atoms with Crippen LogP contribution >= 0.6 is 11.3 Å². The van der Waals surface area contributed by atoms with Gasteiger partial charge in [-0.3, -0.25) is 4.79 Å². The van der Waals surface area contributed by atoms with Gasteiger partial charge >= 0.3 is 0 Å². The monoisotopic (exact) mass is 272 g/mol. The molecule has 19 heavy (non-hydrogen) atoms. The number of hydrogen-bond acceptors (Lipinski definition) is 3. The Morgan fingerprint density at radius 2 is 2.21 bits per heavy atom. The Balaban J connectivity index is 1.56. The van der Waals surface area contributed by atoms with Gasteiger partial charge in [-0.25, -0.2) is 0 Å². The van der Waals surface area contributed by atoms with Gasteiger partial charge in [0, 0.05) is 19.3 Å². The molecule has 0 N–H and O–H groups in total. The summed E-state index contributed by atoms with van der Waals surface area (Å²) in [5, 5.41) is 4.06. The third-order valence-electron chi connectivity index (χ3n) is 3.43. The molecule has 0 saturated heterocycles. The lowest BCUT2D eigenvalue weighted by atomic mass is 10.0. The second-order valence-corrected chi connectivity index (χ2v) is 5.67. The van der Waals surface area contributed by atoms with Gasteiger partial charge in [-0.15, -0.1) is 0 Å². The van der Waals surface area contributed by atoms with Gasteiger partial charge in [0.2, 0.25) is 0 Å². The van der Waals surface area contributed by atoms with Gasteiger partial charge < -0.3 is 4.74 Å². The SMILES string of the molecule is O=C(CCc1ccc2c(c1)CCO2)Cc1ccsc1. The molecule has 1 aromatic heterocycles. The molecule has 0 saturated carbocycles.